The second-order valence-corrected chi connectivity index (χ2v) is 13.0. The van der Waals surface area contributed by atoms with Crippen LogP contribution in [0.15, 0.2) is 0 Å². The summed E-state index contributed by atoms with van der Waals surface area (Å²) in [7, 11) is 0. The van der Waals surface area contributed by atoms with E-state index in [9.17, 15) is 14.7 Å². The Labute approximate surface area is 248 Å². The standard InChI is InChI=1S/C35H68O5/c1-31(2)25-21-17-13-9-6-5-7-11-15-19-23-27-34(37)39-29-33(36)30-40-35(38)28-24-20-16-12-8-10-14-18-22-26-32(3)4/h31-33,36H,5-30H2,1-4H3/t33-/m0/s1. The van der Waals surface area contributed by atoms with E-state index in [0.29, 0.717) is 12.8 Å². The monoisotopic (exact) mass is 569 g/mol. The van der Waals surface area contributed by atoms with Gasteiger partial charge in [-0.25, -0.2) is 0 Å². The molecule has 0 amide bonds. The molecule has 0 aromatic rings. The van der Waals surface area contributed by atoms with Crippen LogP contribution in [0.2, 0.25) is 0 Å². The fourth-order valence-corrected chi connectivity index (χ4v) is 5.04. The predicted molar refractivity (Wildman–Crippen MR) is 168 cm³/mol. The summed E-state index contributed by atoms with van der Waals surface area (Å²) in [6.45, 7) is 8.96. The largest absolute Gasteiger partial charge is 0.463 e. The van der Waals surface area contributed by atoms with Gasteiger partial charge in [-0.1, -0.05) is 156 Å². The highest BCUT2D eigenvalue weighted by molar-refractivity contribution is 5.69. The summed E-state index contributed by atoms with van der Waals surface area (Å²) in [5.41, 5.74) is 0. The van der Waals surface area contributed by atoms with E-state index < -0.39 is 6.10 Å². The molecular weight excluding hydrogens is 500 g/mol. The zero-order valence-corrected chi connectivity index (χ0v) is 27.2. The summed E-state index contributed by atoms with van der Waals surface area (Å²) in [5, 5.41) is 9.96. The minimum absolute atomic E-state index is 0.110. The van der Waals surface area contributed by atoms with Crippen LogP contribution in [-0.2, 0) is 19.1 Å². The van der Waals surface area contributed by atoms with Gasteiger partial charge < -0.3 is 14.6 Å². The number of carbonyl (C=O) groups excluding carboxylic acids is 2. The van der Waals surface area contributed by atoms with Crippen molar-refractivity contribution in [2.75, 3.05) is 13.2 Å². The highest BCUT2D eigenvalue weighted by Gasteiger charge is 2.12. The van der Waals surface area contributed by atoms with Gasteiger partial charge >= 0.3 is 11.9 Å². The molecule has 0 saturated heterocycles. The predicted octanol–water partition coefficient (Wildman–Crippen LogP) is 10.1. The Morgan fingerprint density at radius 1 is 0.450 bits per heavy atom. The zero-order valence-electron chi connectivity index (χ0n) is 27.2. The molecule has 238 valence electrons. The van der Waals surface area contributed by atoms with E-state index in [1.54, 1.807) is 0 Å². The third-order valence-electron chi connectivity index (χ3n) is 7.70. The highest BCUT2D eigenvalue weighted by Crippen LogP contribution is 2.15. The maximum Gasteiger partial charge on any atom is 0.305 e. The number of unbranched alkanes of at least 4 members (excludes halogenated alkanes) is 18. The van der Waals surface area contributed by atoms with Gasteiger partial charge in [-0.2, -0.15) is 0 Å². The van der Waals surface area contributed by atoms with Crippen molar-refractivity contribution in [3.63, 3.8) is 0 Å². The van der Waals surface area contributed by atoms with Crippen LogP contribution in [0.5, 0.6) is 0 Å². The van der Waals surface area contributed by atoms with Crippen LogP contribution in [0, 0.1) is 11.8 Å². The van der Waals surface area contributed by atoms with E-state index in [-0.39, 0.29) is 25.2 Å². The van der Waals surface area contributed by atoms with E-state index in [0.717, 1.165) is 43.9 Å². The zero-order chi connectivity index (χ0) is 29.7. The van der Waals surface area contributed by atoms with E-state index in [1.165, 1.54) is 109 Å². The van der Waals surface area contributed by atoms with Crippen molar-refractivity contribution in [1.82, 2.24) is 0 Å². The third-order valence-corrected chi connectivity index (χ3v) is 7.70. The molecule has 0 aliphatic heterocycles. The average Bonchev–Trinajstić information content (AvgIpc) is 2.91. The van der Waals surface area contributed by atoms with Crippen LogP contribution >= 0.6 is 0 Å². The average molecular weight is 569 g/mol. The summed E-state index contributed by atoms with van der Waals surface area (Å²) in [4.78, 5) is 23.8. The van der Waals surface area contributed by atoms with Crippen molar-refractivity contribution >= 4 is 11.9 Å². The molecule has 0 fully saturated rings. The van der Waals surface area contributed by atoms with Gasteiger partial charge in [0.1, 0.15) is 19.3 Å². The minimum Gasteiger partial charge on any atom is -0.463 e. The molecule has 1 atom stereocenters. The molecule has 5 nitrogen and oxygen atoms in total. The Morgan fingerprint density at radius 2 is 0.700 bits per heavy atom. The van der Waals surface area contributed by atoms with Crippen LogP contribution in [-0.4, -0.2) is 36.4 Å². The summed E-state index contributed by atoms with van der Waals surface area (Å²) >= 11 is 0. The minimum atomic E-state index is -0.955. The third kappa shape index (κ3) is 31.4. The van der Waals surface area contributed by atoms with Crippen molar-refractivity contribution in [3.05, 3.63) is 0 Å². The summed E-state index contributed by atoms with van der Waals surface area (Å²) in [5.74, 6) is 1.10. The lowest BCUT2D eigenvalue weighted by Gasteiger charge is -2.12. The molecular formula is C35H68O5. The Kier molecular flexibility index (Phi) is 28.6. The van der Waals surface area contributed by atoms with Gasteiger partial charge in [0.05, 0.1) is 0 Å². The first kappa shape index (κ1) is 38.9. The molecule has 0 aliphatic rings. The van der Waals surface area contributed by atoms with Crippen LogP contribution < -0.4 is 0 Å². The van der Waals surface area contributed by atoms with Gasteiger partial charge in [0.2, 0.25) is 0 Å². The van der Waals surface area contributed by atoms with Crippen LogP contribution in [0.4, 0.5) is 0 Å². The first-order valence-electron chi connectivity index (χ1n) is 17.3. The summed E-state index contributed by atoms with van der Waals surface area (Å²) in [6, 6.07) is 0. The number of aliphatic hydroxyl groups is 1. The molecule has 0 aliphatic carbocycles. The fourth-order valence-electron chi connectivity index (χ4n) is 5.04. The molecule has 0 radical (unpaired) electrons. The first-order chi connectivity index (χ1) is 19.3. The molecule has 5 heteroatoms. The molecule has 40 heavy (non-hydrogen) atoms. The highest BCUT2D eigenvalue weighted by atomic mass is 16.6. The Balaban J connectivity index is 3.41. The summed E-state index contributed by atoms with van der Waals surface area (Å²) < 4.78 is 10.3. The maximum atomic E-state index is 11.9. The smallest absolute Gasteiger partial charge is 0.305 e. The maximum absolute atomic E-state index is 11.9. The SMILES string of the molecule is CC(C)CCCCCCCCCCCCCC(=O)OC[C@H](O)COC(=O)CCCCCCCCCCCC(C)C. The van der Waals surface area contributed by atoms with Gasteiger partial charge in [0.15, 0.2) is 0 Å². The number of ether oxygens (including phenoxy) is 2. The molecule has 0 bridgehead atoms. The second-order valence-electron chi connectivity index (χ2n) is 13.0. The van der Waals surface area contributed by atoms with E-state index in [2.05, 4.69) is 27.7 Å². The normalized spacial score (nSPS) is 12.3. The van der Waals surface area contributed by atoms with Crippen molar-refractivity contribution in [3.8, 4) is 0 Å². The number of esters is 2. The van der Waals surface area contributed by atoms with Gasteiger partial charge in [-0.3, -0.25) is 9.59 Å². The van der Waals surface area contributed by atoms with Crippen LogP contribution in [0.3, 0.4) is 0 Å². The van der Waals surface area contributed by atoms with E-state index >= 15 is 0 Å². The van der Waals surface area contributed by atoms with Gasteiger partial charge in [-0.15, -0.1) is 0 Å². The molecule has 0 aromatic heterocycles. The lowest BCUT2D eigenvalue weighted by molar-refractivity contribution is -0.152. The number of rotatable bonds is 30. The topological polar surface area (TPSA) is 72.8 Å². The number of hydrogen-bond donors (Lipinski definition) is 1. The van der Waals surface area contributed by atoms with E-state index in [4.69, 9.17) is 9.47 Å². The molecule has 0 spiro atoms. The summed E-state index contributed by atoms with van der Waals surface area (Å²) in [6.07, 6.45) is 27.2. The molecule has 0 aromatic carbocycles. The quantitative estimate of drug-likeness (QED) is 0.0689. The molecule has 0 rings (SSSR count). The molecule has 0 heterocycles. The first-order valence-corrected chi connectivity index (χ1v) is 17.3. The van der Waals surface area contributed by atoms with Crippen molar-refractivity contribution in [2.24, 2.45) is 11.8 Å². The van der Waals surface area contributed by atoms with Crippen molar-refractivity contribution in [1.29, 1.82) is 0 Å². The lowest BCUT2D eigenvalue weighted by atomic mass is 10.0. The van der Waals surface area contributed by atoms with Gasteiger partial charge in [-0.05, 0) is 24.7 Å². The fraction of sp³-hybridized carbons (Fsp3) is 0.943. The number of hydrogen-bond acceptors (Lipinski definition) is 5. The lowest BCUT2D eigenvalue weighted by Crippen LogP contribution is -2.25. The molecule has 0 unspecified atom stereocenters. The molecule has 0 saturated carbocycles. The van der Waals surface area contributed by atoms with Crippen molar-refractivity contribution < 1.29 is 24.2 Å². The second kappa shape index (κ2) is 29.4. The van der Waals surface area contributed by atoms with Gasteiger partial charge in [0.25, 0.3) is 0 Å². The number of carbonyl (C=O) groups is 2. The van der Waals surface area contributed by atoms with Crippen molar-refractivity contribution in [2.45, 2.75) is 188 Å². The van der Waals surface area contributed by atoms with E-state index in [1.807, 2.05) is 0 Å². The number of aliphatic hydroxyl groups excluding tert-OH is 1. The Morgan fingerprint density at radius 3 is 0.975 bits per heavy atom. The van der Waals surface area contributed by atoms with Crippen LogP contribution in [0.25, 0.3) is 0 Å². The Bertz CT molecular complexity index is 560. The van der Waals surface area contributed by atoms with Crippen LogP contribution in [0.1, 0.15) is 182 Å². The van der Waals surface area contributed by atoms with Gasteiger partial charge in [0, 0.05) is 12.8 Å². The Hall–Kier alpha value is -1.10. The molecule has 1 N–H and O–H groups in total.